The number of benzene rings is 1. The van der Waals surface area contributed by atoms with Gasteiger partial charge in [-0.25, -0.2) is 18.4 Å². The molecule has 0 aliphatic rings. The Morgan fingerprint density at radius 3 is 2.35 bits per heavy atom. The van der Waals surface area contributed by atoms with Gasteiger partial charge in [0.2, 0.25) is 10.0 Å². The molecule has 0 aliphatic heterocycles. The minimum absolute atomic E-state index is 0.0216. The number of carbonyl (C=O) groups excluding carboxylic acids is 1. The molecule has 0 saturated heterocycles. The van der Waals surface area contributed by atoms with E-state index in [0.29, 0.717) is 12.0 Å². The van der Waals surface area contributed by atoms with Crippen molar-refractivity contribution in [1.82, 2.24) is 0 Å². The number of carbonyl (C=O) groups is 1. The zero-order valence-electron chi connectivity index (χ0n) is 12.2. The Balaban J connectivity index is 3.13. The molecule has 6 heteroatoms. The Hall–Kier alpha value is -1.40. The van der Waals surface area contributed by atoms with E-state index in [0.717, 1.165) is 0 Å². The number of hydrogen-bond acceptors (Lipinski definition) is 4. The molecule has 1 aromatic rings. The van der Waals surface area contributed by atoms with Gasteiger partial charge < -0.3 is 4.74 Å². The van der Waals surface area contributed by atoms with Crippen molar-refractivity contribution in [3.05, 3.63) is 29.3 Å². The number of primary sulfonamides is 1. The van der Waals surface area contributed by atoms with Gasteiger partial charge in [-0.1, -0.05) is 26.8 Å². The second-order valence-corrected chi connectivity index (χ2v) is 6.61. The van der Waals surface area contributed by atoms with Crippen LogP contribution in [0.5, 0.6) is 0 Å². The van der Waals surface area contributed by atoms with Crippen molar-refractivity contribution < 1.29 is 17.9 Å². The highest BCUT2D eigenvalue weighted by atomic mass is 32.2. The van der Waals surface area contributed by atoms with Crippen LogP contribution in [0.3, 0.4) is 0 Å². The zero-order valence-corrected chi connectivity index (χ0v) is 13.0. The number of nitrogens with two attached hydrogens (primary N) is 1. The van der Waals surface area contributed by atoms with E-state index in [4.69, 9.17) is 9.88 Å². The Morgan fingerprint density at radius 2 is 1.90 bits per heavy atom. The highest BCUT2D eigenvalue weighted by Crippen LogP contribution is 2.19. The number of ether oxygens (including phenoxy) is 1. The maximum absolute atomic E-state index is 12.0. The van der Waals surface area contributed by atoms with Gasteiger partial charge in [0.05, 0.1) is 10.5 Å². The topological polar surface area (TPSA) is 86.5 Å². The molecule has 1 rings (SSSR count). The van der Waals surface area contributed by atoms with Gasteiger partial charge in [-0.05, 0) is 37.0 Å². The molecule has 1 aromatic carbocycles. The third-order valence-electron chi connectivity index (χ3n) is 3.22. The minimum Gasteiger partial charge on any atom is -0.459 e. The van der Waals surface area contributed by atoms with Gasteiger partial charge in [0.1, 0.15) is 6.10 Å². The molecule has 1 atom stereocenters. The minimum atomic E-state index is -3.85. The number of hydrogen-bond donors (Lipinski definition) is 1. The lowest BCUT2D eigenvalue weighted by Crippen LogP contribution is -2.21. The van der Waals surface area contributed by atoms with Gasteiger partial charge in [-0.3, -0.25) is 0 Å². The Kier molecular flexibility index (Phi) is 5.30. The summed E-state index contributed by atoms with van der Waals surface area (Å²) in [6, 6.07) is 4.43. The van der Waals surface area contributed by atoms with Gasteiger partial charge in [-0.2, -0.15) is 0 Å². The Bertz CT molecular complexity index is 593. The summed E-state index contributed by atoms with van der Waals surface area (Å²) in [5, 5.41) is 5.17. The largest absolute Gasteiger partial charge is 0.459 e. The molecule has 2 N–H and O–H groups in total. The lowest BCUT2D eigenvalue weighted by Gasteiger charge is -2.17. The molecule has 0 heterocycles. The molecular weight excluding hydrogens is 278 g/mol. The maximum atomic E-state index is 12.0. The second-order valence-electron chi connectivity index (χ2n) is 5.08. The first-order chi connectivity index (χ1) is 9.16. The molecule has 0 aliphatic carbocycles. The van der Waals surface area contributed by atoms with Crippen molar-refractivity contribution in [2.75, 3.05) is 0 Å². The monoisotopic (exact) mass is 299 g/mol. The normalized spacial score (nSPS) is 13.3. The third-order valence-corrected chi connectivity index (χ3v) is 4.22. The van der Waals surface area contributed by atoms with Crippen molar-refractivity contribution in [3.63, 3.8) is 0 Å². The molecule has 0 spiro atoms. The average Bonchev–Trinajstić information content (AvgIpc) is 2.36. The number of aryl methyl sites for hydroxylation is 1. The summed E-state index contributed by atoms with van der Waals surface area (Å²) in [5.74, 6) is -0.356. The summed E-state index contributed by atoms with van der Waals surface area (Å²) in [6.07, 6.45) is 0.273. The van der Waals surface area contributed by atoms with Crippen molar-refractivity contribution >= 4 is 16.0 Å². The van der Waals surface area contributed by atoms with Gasteiger partial charge in [0, 0.05) is 0 Å². The fraction of sp³-hybridized carbons (Fsp3) is 0.500. The SMILES string of the molecule is CCc1ccc(C(=O)OC(C)C(C)C)cc1S(N)(=O)=O. The molecule has 20 heavy (non-hydrogen) atoms. The standard InChI is InChI=1S/C14H21NO4S/c1-5-11-6-7-12(8-13(11)20(15,17)18)14(16)19-10(4)9(2)3/h6-10H,5H2,1-4H3,(H2,15,17,18). The van der Waals surface area contributed by atoms with Crippen molar-refractivity contribution in [2.45, 2.75) is 45.1 Å². The van der Waals surface area contributed by atoms with E-state index in [1.54, 1.807) is 19.1 Å². The van der Waals surface area contributed by atoms with Crippen LogP contribution in [0.4, 0.5) is 0 Å². The van der Waals surface area contributed by atoms with Crippen molar-refractivity contribution in [3.8, 4) is 0 Å². The second kappa shape index (κ2) is 6.37. The molecule has 0 bridgehead atoms. The van der Waals surface area contributed by atoms with E-state index >= 15 is 0 Å². The molecule has 1 unspecified atom stereocenters. The summed E-state index contributed by atoms with van der Waals surface area (Å²) in [7, 11) is -3.85. The lowest BCUT2D eigenvalue weighted by atomic mass is 10.1. The Labute approximate surface area is 120 Å². The van der Waals surface area contributed by atoms with E-state index < -0.39 is 16.0 Å². The summed E-state index contributed by atoms with van der Waals surface area (Å²) >= 11 is 0. The van der Waals surface area contributed by atoms with E-state index in [-0.39, 0.29) is 22.5 Å². The van der Waals surface area contributed by atoms with Crippen LogP contribution in [-0.2, 0) is 21.2 Å². The van der Waals surface area contributed by atoms with E-state index in [1.807, 2.05) is 20.8 Å². The van der Waals surface area contributed by atoms with Crippen LogP contribution < -0.4 is 5.14 Å². The maximum Gasteiger partial charge on any atom is 0.338 e. The predicted molar refractivity (Wildman–Crippen MR) is 76.9 cm³/mol. The van der Waals surface area contributed by atoms with Gasteiger partial charge >= 0.3 is 5.97 Å². The first kappa shape index (κ1) is 16.7. The molecule has 5 nitrogen and oxygen atoms in total. The quantitative estimate of drug-likeness (QED) is 0.843. The molecule has 112 valence electrons. The number of esters is 1. The average molecular weight is 299 g/mol. The zero-order chi connectivity index (χ0) is 15.5. The Morgan fingerprint density at radius 1 is 1.30 bits per heavy atom. The van der Waals surface area contributed by atoms with Crippen LogP contribution in [0.25, 0.3) is 0 Å². The molecular formula is C14H21NO4S. The molecule has 0 saturated carbocycles. The van der Waals surface area contributed by atoms with Gasteiger partial charge in [0.25, 0.3) is 0 Å². The highest BCUT2D eigenvalue weighted by Gasteiger charge is 2.19. The predicted octanol–water partition coefficient (Wildman–Crippen LogP) is 2.10. The fourth-order valence-corrected chi connectivity index (χ4v) is 2.48. The van der Waals surface area contributed by atoms with Crippen molar-refractivity contribution in [2.24, 2.45) is 11.1 Å². The summed E-state index contributed by atoms with van der Waals surface area (Å²) in [6.45, 7) is 7.49. The van der Waals surface area contributed by atoms with Crippen LogP contribution in [0, 0.1) is 5.92 Å². The van der Waals surface area contributed by atoms with E-state index in [9.17, 15) is 13.2 Å². The molecule has 0 fully saturated rings. The summed E-state index contributed by atoms with van der Waals surface area (Å²) in [4.78, 5) is 12.0. The van der Waals surface area contributed by atoms with Gasteiger partial charge in [-0.15, -0.1) is 0 Å². The first-order valence-corrected chi connectivity index (χ1v) is 8.08. The van der Waals surface area contributed by atoms with Crippen LogP contribution in [0.2, 0.25) is 0 Å². The van der Waals surface area contributed by atoms with E-state index in [2.05, 4.69) is 0 Å². The van der Waals surface area contributed by atoms with Crippen LogP contribution in [0.1, 0.15) is 43.6 Å². The number of rotatable bonds is 5. The lowest BCUT2D eigenvalue weighted by molar-refractivity contribution is 0.0237. The smallest absolute Gasteiger partial charge is 0.338 e. The third kappa shape index (κ3) is 4.05. The van der Waals surface area contributed by atoms with Crippen LogP contribution >= 0.6 is 0 Å². The molecule has 0 aromatic heterocycles. The van der Waals surface area contributed by atoms with Crippen LogP contribution in [-0.4, -0.2) is 20.5 Å². The van der Waals surface area contributed by atoms with E-state index in [1.165, 1.54) is 6.07 Å². The fourth-order valence-electron chi connectivity index (χ4n) is 1.61. The van der Waals surface area contributed by atoms with Crippen LogP contribution in [0.15, 0.2) is 23.1 Å². The first-order valence-electron chi connectivity index (χ1n) is 6.53. The van der Waals surface area contributed by atoms with Gasteiger partial charge in [0.15, 0.2) is 0 Å². The molecule has 0 amide bonds. The summed E-state index contributed by atoms with van der Waals surface area (Å²) < 4.78 is 28.4. The number of sulfonamides is 1. The van der Waals surface area contributed by atoms with Crippen molar-refractivity contribution in [1.29, 1.82) is 0 Å². The molecule has 0 radical (unpaired) electrons. The highest BCUT2D eigenvalue weighted by molar-refractivity contribution is 7.89. The summed E-state index contributed by atoms with van der Waals surface area (Å²) in [5.41, 5.74) is 0.777.